The number of rotatable bonds is 4. The summed E-state index contributed by atoms with van der Waals surface area (Å²) in [4.78, 5) is 24.7. The third-order valence-corrected chi connectivity index (χ3v) is 2.96. The van der Waals surface area contributed by atoms with Gasteiger partial charge < -0.3 is 14.5 Å². The number of Topliss-reactive ketones (excluding diaryl/α,β-unsaturated/α-hetero) is 1. The molecular weight excluding hydrogens is 281 g/mol. The summed E-state index contributed by atoms with van der Waals surface area (Å²) in [5.74, 6) is 0.579. The van der Waals surface area contributed by atoms with Crippen LogP contribution in [0.4, 0.5) is 0 Å². The monoisotopic (exact) mass is 301 g/mol. The molecule has 0 saturated carbocycles. The fraction of sp³-hybridized carbons (Fsp3) is 0.727. The predicted octanol–water partition coefficient (Wildman–Crippen LogP) is 1.67. The molecule has 0 saturated heterocycles. The average molecular weight is 301 g/mol. The Balaban J connectivity index is 0. The summed E-state index contributed by atoms with van der Waals surface area (Å²) < 4.78 is 0. The molecule has 91 valence electrons. The molecule has 0 aliphatic rings. The van der Waals surface area contributed by atoms with Crippen LogP contribution in [0.15, 0.2) is 0 Å². The van der Waals surface area contributed by atoms with Crippen LogP contribution in [0.3, 0.4) is 0 Å². The summed E-state index contributed by atoms with van der Waals surface area (Å²) in [7, 11) is 1.74. The second-order valence-corrected chi connectivity index (χ2v) is 4.13. The van der Waals surface area contributed by atoms with E-state index >= 15 is 0 Å². The third kappa shape index (κ3) is 3.94. The Hall–Kier alpha value is -0.367. The maximum atomic E-state index is 11.8. The van der Waals surface area contributed by atoms with E-state index in [1.807, 2.05) is 6.92 Å². The van der Waals surface area contributed by atoms with Gasteiger partial charge in [0.1, 0.15) is 5.78 Å². The van der Waals surface area contributed by atoms with Gasteiger partial charge in [0.25, 0.3) is 0 Å². The van der Waals surface area contributed by atoms with Crippen LogP contribution in [-0.4, -0.2) is 30.2 Å². The standard InChI is InChI=1S/C11H20NO2.Rh/c1-7-12(6)10(14)8(2)11(4,5)9(3)13;/h7H2,1-6H3;/q-1;. The fourth-order valence-corrected chi connectivity index (χ4v) is 0.961. The van der Waals surface area contributed by atoms with Crippen molar-refractivity contribution in [2.45, 2.75) is 34.6 Å². The van der Waals surface area contributed by atoms with E-state index in [2.05, 4.69) is 0 Å². The smallest absolute Gasteiger partial charge is 0.108 e. The maximum Gasteiger partial charge on any atom is 0.108 e. The van der Waals surface area contributed by atoms with Gasteiger partial charge in [-0.2, -0.15) is 6.92 Å². The predicted molar refractivity (Wildman–Crippen MR) is 56.7 cm³/mol. The van der Waals surface area contributed by atoms with Gasteiger partial charge >= 0.3 is 0 Å². The van der Waals surface area contributed by atoms with Crippen LogP contribution in [-0.2, 0) is 29.1 Å². The molecule has 0 aromatic heterocycles. The summed E-state index contributed by atoms with van der Waals surface area (Å²) in [5, 5.41) is 0. The number of hydrogen-bond donors (Lipinski definition) is 0. The summed E-state index contributed by atoms with van der Waals surface area (Å²) in [5.41, 5.74) is -0.652. The van der Waals surface area contributed by atoms with E-state index in [1.165, 1.54) is 6.92 Å². The minimum absolute atomic E-state index is 0. The number of carbonyl (C=O) groups excluding carboxylic acids is 2. The SMILES string of the molecule is CCN(C)C(=O)[C-](C)C(C)(C)C(C)=O.[Rh]. The molecule has 15 heavy (non-hydrogen) atoms. The molecule has 0 atom stereocenters. The van der Waals surface area contributed by atoms with Gasteiger partial charge in [-0.3, -0.25) is 5.92 Å². The van der Waals surface area contributed by atoms with Crippen LogP contribution >= 0.6 is 0 Å². The van der Waals surface area contributed by atoms with Crippen LogP contribution in [0.5, 0.6) is 0 Å². The molecule has 0 fully saturated rings. The molecule has 0 aromatic carbocycles. The first-order valence-corrected chi connectivity index (χ1v) is 4.85. The molecule has 0 aromatic rings. The molecule has 0 rings (SSSR count). The molecule has 0 N–H and O–H groups in total. The van der Waals surface area contributed by atoms with E-state index in [0.717, 1.165) is 0 Å². The summed E-state index contributed by atoms with van der Waals surface area (Å²) in [6, 6.07) is 0. The second-order valence-electron chi connectivity index (χ2n) is 4.13. The number of amides is 1. The Morgan fingerprint density at radius 3 is 2.00 bits per heavy atom. The molecule has 0 aliphatic carbocycles. The van der Waals surface area contributed by atoms with Crippen molar-refractivity contribution in [1.29, 1.82) is 0 Å². The fourth-order valence-electron chi connectivity index (χ4n) is 0.961. The van der Waals surface area contributed by atoms with Crippen LogP contribution in [0.25, 0.3) is 0 Å². The first kappa shape index (κ1) is 17.0. The average Bonchev–Trinajstić information content (AvgIpc) is 2.13. The van der Waals surface area contributed by atoms with Gasteiger partial charge in [-0.05, 0) is 13.8 Å². The minimum atomic E-state index is -0.652. The molecule has 0 aliphatic heterocycles. The minimum Gasteiger partial charge on any atom is -0.370 e. The van der Waals surface area contributed by atoms with E-state index in [9.17, 15) is 9.59 Å². The number of nitrogens with zero attached hydrogens (tertiary/aromatic N) is 1. The molecule has 0 unspecified atom stereocenters. The van der Waals surface area contributed by atoms with Crippen molar-refractivity contribution in [3.05, 3.63) is 5.92 Å². The maximum absolute atomic E-state index is 11.8. The zero-order chi connectivity index (χ0) is 11.5. The topological polar surface area (TPSA) is 37.4 Å². The molecule has 1 radical (unpaired) electrons. The van der Waals surface area contributed by atoms with E-state index in [-0.39, 0.29) is 31.2 Å². The first-order chi connectivity index (χ1) is 6.25. The van der Waals surface area contributed by atoms with Gasteiger partial charge in [-0.1, -0.05) is 19.3 Å². The molecule has 0 heterocycles. The quantitative estimate of drug-likeness (QED) is 0.585. The molecule has 0 spiro atoms. The van der Waals surface area contributed by atoms with Crippen LogP contribution in [0.2, 0.25) is 0 Å². The first-order valence-electron chi connectivity index (χ1n) is 4.85. The second kappa shape index (κ2) is 6.27. The zero-order valence-electron chi connectivity index (χ0n) is 10.3. The summed E-state index contributed by atoms with van der Waals surface area (Å²) >= 11 is 0. The van der Waals surface area contributed by atoms with Crippen molar-refractivity contribution >= 4 is 11.7 Å². The Bertz CT molecular complexity index is 239. The largest absolute Gasteiger partial charge is 0.370 e. The van der Waals surface area contributed by atoms with Crippen molar-refractivity contribution in [2.24, 2.45) is 5.41 Å². The van der Waals surface area contributed by atoms with Crippen molar-refractivity contribution in [2.75, 3.05) is 13.6 Å². The van der Waals surface area contributed by atoms with Crippen molar-refractivity contribution < 1.29 is 29.1 Å². The Labute approximate surface area is 105 Å². The summed E-state index contributed by atoms with van der Waals surface area (Å²) in [6.07, 6.45) is 0. The molecule has 3 nitrogen and oxygen atoms in total. The van der Waals surface area contributed by atoms with Crippen molar-refractivity contribution in [1.82, 2.24) is 4.90 Å². The Morgan fingerprint density at radius 2 is 1.73 bits per heavy atom. The van der Waals surface area contributed by atoms with Crippen molar-refractivity contribution in [3.63, 3.8) is 0 Å². The van der Waals surface area contributed by atoms with Crippen LogP contribution in [0, 0.1) is 11.3 Å². The number of carbonyl (C=O) groups is 2. The Kier molecular flexibility index (Phi) is 7.12. The number of ketones is 1. The Morgan fingerprint density at radius 1 is 1.33 bits per heavy atom. The normalized spacial score (nSPS) is 10.3. The van der Waals surface area contributed by atoms with Gasteiger partial charge in [0, 0.05) is 33.1 Å². The van der Waals surface area contributed by atoms with Gasteiger partial charge in [-0.25, -0.2) is 0 Å². The van der Waals surface area contributed by atoms with Crippen molar-refractivity contribution in [3.8, 4) is 0 Å². The number of hydrogen-bond acceptors (Lipinski definition) is 2. The van der Waals surface area contributed by atoms with Crippen LogP contribution < -0.4 is 0 Å². The molecule has 4 heteroatoms. The third-order valence-electron chi connectivity index (χ3n) is 2.96. The van der Waals surface area contributed by atoms with Gasteiger partial charge in [0.2, 0.25) is 0 Å². The zero-order valence-corrected chi connectivity index (χ0v) is 11.9. The van der Waals surface area contributed by atoms with Gasteiger partial charge in [0.05, 0.1) is 5.91 Å². The summed E-state index contributed by atoms with van der Waals surface area (Å²) in [6.45, 7) is 9.38. The molecular formula is C11H20NO2Rh-. The van der Waals surface area contributed by atoms with Gasteiger partial charge in [0.15, 0.2) is 0 Å². The van der Waals surface area contributed by atoms with E-state index in [4.69, 9.17) is 0 Å². The molecule has 0 bridgehead atoms. The van der Waals surface area contributed by atoms with Gasteiger partial charge in [-0.15, -0.1) is 0 Å². The van der Waals surface area contributed by atoms with E-state index < -0.39 is 5.41 Å². The van der Waals surface area contributed by atoms with E-state index in [0.29, 0.717) is 12.5 Å². The molecule has 1 amide bonds. The van der Waals surface area contributed by atoms with E-state index in [1.54, 1.807) is 32.7 Å². The van der Waals surface area contributed by atoms with Crippen LogP contribution in [0.1, 0.15) is 34.6 Å².